The molecule has 90 valence electrons. The van der Waals surface area contributed by atoms with Crippen molar-refractivity contribution in [1.82, 2.24) is 4.57 Å². The monoisotopic (exact) mass is 257 g/mol. The number of fused-ring (bicyclic) bond motifs is 1. The molecule has 3 heteroatoms. The van der Waals surface area contributed by atoms with Crippen LogP contribution in [0.4, 0.5) is 0 Å². The second-order valence-electron chi connectivity index (χ2n) is 4.31. The highest BCUT2D eigenvalue weighted by Gasteiger charge is 2.02. The van der Waals surface area contributed by atoms with Crippen LogP contribution in [-0.4, -0.2) is 9.67 Å². The Kier molecular flexibility index (Phi) is 2.73. The zero-order valence-corrected chi connectivity index (χ0v) is 10.4. The predicted octanol–water partition coefficient (Wildman–Crippen LogP) is 4.05. The molecule has 0 aliphatic carbocycles. The third kappa shape index (κ3) is 2.07. The van der Waals surface area contributed by atoms with Crippen molar-refractivity contribution in [3.05, 3.63) is 65.3 Å². The minimum absolute atomic E-state index is 0.294. The third-order valence-corrected chi connectivity index (χ3v) is 3.26. The highest BCUT2D eigenvalue weighted by atomic mass is 35.5. The van der Waals surface area contributed by atoms with Gasteiger partial charge in [0.2, 0.25) is 0 Å². The quantitative estimate of drug-likeness (QED) is 0.736. The maximum atomic E-state index is 9.26. The average molecular weight is 258 g/mol. The lowest BCUT2D eigenvalue weighted by Gasteiger charge is -2.06. The number of phenolic OH excluding ortho intramolecular Hbond substituents is 1. The van der Waals surface area contributed by atoms with Crippen molar-refractivity contribution >= 4 is 22.5 Å². The van der Waals surface area contributed by atoms with E-state index in [9.17, 15) is 5.11 Å². The van der Waals surface area contributed by atoms with Crippen LogP contribution < -0.4 is 0 Å². The molecule has 0 fully saturated rings. The zero-order chi connectivity index (χ0) is 12.5. The molecule has 0 aliphatic rings. The van der Waals surface area contributed by atoms with E-state index < -0.39 is 0 Å². The van der Waals surface area contributed by atoms with Gasteiger partial charge in [0.25, 0.3) is 0 Å². The van der Waals surface area contributed by atoms with Gasteiger partial charge in [-0.1, -0.05) is 23.7 Å². The molecule has 0 bridgehead atoms. The standard InChI is InChI=1S/C15H12ClNO/c16-13-3-6-15-12(9-13)7-8-17(15)10-11-1-4-14(18)5-2-11/h1-9,18H,10H2. The highest BCUT2D eigenvalue weighted by Crippen LogP contribution is 2.21. The maximum absolute atomic E-state index is 9.26. The van der Waals surface area contributed by atoms with Crippen molar-refractivity contribution in [2.45, 2.75) is 6.54 Å². The normalized spacial score (nSPS) is 10.9. The molecule has 0 saturated carbocycles. The minimum atomic E-state index is 0.294. The summed E-state index contributed by atoms with van der Waals surface area (Å²) in [6.07, 6.45) is 2.05. The van der Waals surface area contributed by atoms with Crippen LogP contribution in [0.2, 0.25) is 5.02 Å². The maximum Gasteiger partial charge on any atom is 0.115 e. The van der Waals surface area contributed by atoms with Gasteiger partial charge >= 0.3 is 0 Å². The van der Waals surface area contributed by atoms with Gasteiger partial charge in [0, 0.05) is 28.7 Å². The van der Waals surface area contributed by atoms with Crippen LogP contribution in [-0.2, 0) is 6.54 Å². The molecule has 0 saturated heterocycles. The van der Waals surface area contributed by atoms with E-state index in [1.807, 2.05) is 36.5 Å². The van der Waals surface area contributed by atoms with Crippen molar-refractivity contribution in [3.63, 3.8) is 0 Å². The first-order chi connectivity index (χ1) is 8.72. The molecule has 1 aromatic heterocycles. The predicted molar refractivity (Wildman–Crippen MR) is 74.2 cm³/mol. The summed E-state index contributed by atoms with van der Waals surface area (Å²) in [5.74, 6) is 0.294. The van der Waals surface area contributed by atoms with Crippen molar-refractivity contribution in [2.24, 2.45) is 0 Å². The molecular formula is C15H12ClNO. The minimum Gasteiger partial charge on any atom is -0.508 e. The number of aromatic nitrogens is 1. The largest absolute Gasteiger partial charge is 0.508 e. The van der Waals surface area contributed by atoms with Crippen LogP contribution in [0.15, 0.2) is 54.7 Å². The molecule has 2 nitrogen and oxygen atoms in total. The second-order valence-corrected chi connectivity index (χ2v) is 4.75. The van der Waals surface area contributed by atoms with Crippen molar-refractivity contribution in [3.8, 4) is 5.75 Å². The first-order valence-corrected chi connectivity index (χ1v) is 6.12. The van der Waals surface area contributed by atoms with E-state index in [1.54, 1.807) is 12.1 Å². The number of hydrogen-bond acceptors (Lipinski definition) is 1. The van der Waals surface area contributed by atoms with Crippen LogP contribution in [0, 0.1) is 0 Å². The molecule has 1 heterocycles. The van der Waals surface area contributed by atoms with Crippen LogP contribution in [0.1, 0.15) is 5.56 Å². The topological polar surface area (TPSA) is 25.2 Å². The van der Waals surface area contributed by atoms with E-state index in [0.29, 0.717) is 5.75 Å². The fraction of sp³-hybridized carbons (Fsp3) is 0.0667. The summed E-state index contributed by atoms with van der Waals surface area (Å²) in [6, 6.07) is 15.2. The molecule has 2 aromatic carbocycles. The number of nitrogens with zero attached hydrogens (tertiary/aromatic N) is 1. The summed E-state index contributed by atoms with van der Waals surface area (Å²) in [7, 11) is 0. The Balaban J connectivity index is 1.97. The van der Waals surface area contributed by atoms with Crippen molar-refractivity contribution < 1.29 is 5.11 Å². The Bertz CT molecular complexity index is 685. The molecule has 3 rings (SSSR count). The SMILES string of the molecule is Oc1ccc(Cn2ccc3cc(Cl)ccc32)cc1. The molecule has 0 atom stereocenters. The van der Waals surface area contributed by atoms with Gasteiger partial charge in [0.1, 0.15) is 5.75 Å². The zero-order valence-electron chi connectivity index (χ0n) is 9.68. The second kappa shape index (κ2) is 4.39. The van der Waals surface area contributed by atoms with E-state index in [0.717, 1.165) is 28.0 Å². The first-order valence-electron chi connectivity index (χ1n) is 5.75. The highest BCUT2D eigenvalue weighted by molar-refractivity contribution is 6.31. The van der Waals surface area contributed by atoms with Crippen molar-refractivity contribution in [1.29, 1.82) is 0 Å². The van der Waals surface area contributed by atoms with Gasteiger partial charge in [0.05, 0.1) is 0 Å². The van der Waals surface area contributed by atoms with E-state index in [1.165, 1.54) is 0 Å². The summed E-state index contributed by atoms with van der Waals surface area (Å²) in [6.45, 7) is 0.783. The lowest BCUT2D eigenvalue weighted by molar-refractivity contribution is 0.475. The molecule has 0 radical (unpaired) electrons. The van der Waals surface area contributed by atoms with E-state index in [4.69, 9.17) is 11.6 Å². The van der Waals surface area contributed by atoms with E-state index in [2.05, 4.69) is 10.6 Å². The van der Waals surface area contributed by atoms with E-state index in [-0.39, 0.29) is 0 Å². The summed E-state index contributed by atoms with van der Waals surface area (Å²) >= 11 is 5.97. The lowest BCUT2D eigenvalue weighted by Crippen LogP contribution is -1.97. The molecule has 3 aromatic rings. The van der Waals surface area contributed by atoms with Gasteiger partial charge in [-0.15, -0.1) is 0 Å². The summed E-state index contributed by atoms with van der Waals surface area (Å²) in [5, 5.41) is 11.2. The first kappa shape index (κ1) is 11.2. The Morgan fingerprint density at radius 1 is 1.00 bits per heavy atom. The summed E-state index contributed by atoms with van der Waals surface area (Å²) in [5.41, 5.74) is 2.31. The molecule has 1 N–H and O–H groups in total. The lowest BCUT2D eigenvalue weighted by atomic mass is 10.2. The van der Waals surface area contributed by atoms with Gasteiger partial charge in [-0.05, 0) is 42.0 Å². The molecule has 18 heavy (non-hydrogen) atoms. The van der Waals surface area contributed by atoms with Gasteiger partial charge in [-0.25, -0.2) is 0 Å². The molecule has 0 amide bonds. The van der Waals surface area contributed by atoms with Gasteiger partial charge < -0.3 is 9.67 Å². The fourth-order valence-electron chi connectivity index (χ4n) is 2.11. The van der Waals surface area contributed by atoms with Crippen molar-refractivity contribution in [2.75, 3.05) is 0 Å². The molecule has 0 unspecified atom stereocenters. The van der Waals surface area contributed by atoms with Crippen LogP contribution in [0.25, 0.3) is 10.9 Å². The number of benzene rings is 2. The number of aromatic hydroxyl groups is 1. The average Bonchev–Trinajstić information content (AvgIpc) is 2.74. The number of hydrogen-bond donors (Lipinski definition) is 1. The molecule has 0 aliphatic heterocycles. The van der Waals surface area contributed by atoms with Gasteiger partial charge in [-0.2, -0.15) is 0 Å². The van der Waals surface area contributed by atoms with E-state index >= 15 is 0 Å². The Hall–Kier alpha value is -1.93. The third-order valence-electron chi connectivity index (χ3n) is 3.02. The van der Waals surface area contributed by atoms with Gasteiger partial charge in [0.15, 0.2) is 0 Å². The smallest absolute Gasteiger partial charge is 0.115 e. The number of phenols is 1. The summed E-state index contributed by atoms with van der Waals surface area (Å²) in [4.78, 5) is 0. The van der Waals surface area contributed by atoms with Crippen LogP contribution in [0.3, 0.4) is 0 Å². The Morgan fingerprint density at radius 2 is 1.78 bits per heavy atom. The van der Waals surface area contributed by atoms with Gasteiger partial charge in [-0.3, -0.25) is 0 Å². The molecule has 0 spiro atoms. The van der Waals surface area contributed by atoms with Crippen LogP contribution >= 0.6 is 11.6 Å². The Labute approximate surface area is 110 Å². The Morgan fingerprint density at radius 3 is 2.56 bits per heavy atom. The number of rotatable bonds is 2. The fourth-order valence-corrected chi connectivity index (χ4v) is 2.29. The number of halogens is 1. The molecular weight excluding hydrogens is 246 g/mol. The summed E-state index contributed by atoms with van der Waals surface area (Å²) < 4.78 is 2.16. The van der Waals surface area contributed by atoms with Crippen LogP contribution in [0.5, 0.6) is 5.75 Å².